The van der Waals surface area contributed by atoms with Crippen LogP contribution >= 0.6 is 11.8 Å². The number of aromatic nitrogens is 1. The van der Waals surface area contributed by atoms with Gasteiger partial charge in [0, 0.05) is 11.3 Å². The lowest BCUT2D eigenvalue weighted by atomic mass is 9.96. The number of oxazole rings is 1. The predicted molar refractivity (Wildman–Crippen MR) is 97.2 cm³/mol. The Morgan fingerprint density at radius 2 is 2.04 bits per heavy atom. The molecule has 1 unspecified atom stereocenters. The van der Waals surface area contributed by atoms with Gasteiger partial charge in [0.2, 0.25) is 11.8 Å². The van der Waals surface area contributed by atoms with E-state index in [4.69, 9.17) is 4.42 Å². The van der Waals surface area contributed by atoms with Crippen molar-refractivity contribution in [1.82, 2.24) is 10.3 Å². The summed E-state index contributed by atoms with van der Waals surface area (Å²) in [7, 11) is 0. The first-order chi connectivity index (χ1) is 11.9. The van der Waals surface area contributed by atoms with E-state index in [0.717, 1.165) is 11.3 Å². The lowest BCUT2D eigenvalue weighted by Crippen LogP contribution is -2.52. The topological polar surface area (TPSA) is 92.4 Å². The maximum atomic E-state index is 12.0. The SMILES string of the molecule is CCCC(C)(NC(=O)CSCc1coc(-c2ccccc2)n1)C(=O)O. The summed E-state index contributed by atoms with van der Waals surface area (Å²) in [6.45, 7) is 3.42. The summed E-state index contributed by atoms with van der Waals surface area (Å²) in [4.78, 5) is 27.7. The first-order valence-electron chi connectivity index (χ1n) is 8.06. The second-order valence-corrected chi connectivity index (χ2v) is 6.92. The summed E-state index contributed by atoms with van der Waals surface area (Å²) in [6.07, 6.45) is 2.64. The fourth-order valence-electron chi connectivity index (χ4n) is 2.40. The number of benzene rings is 1. The third-order valence-corrected chi connectivity index (χ3v) is 4.66. The molecule has 0 aliphatic heterocycles. The number of rotatable bonds is 9. The number of carboxylic acids is 1. The van der Waals surface area contributed by atoms with Gasteiger partial charge in [-0.2, -0.15) is 0 Å². The molecule has 0 spiro atoms. The molecule has 134 valence electrons. The Hall–Kier alpha value is -2.28. The fraction of sp³-hybridized carbons (Fsp3) is 0.389. The van der Waals surface area contributed by atoms with Crippen molar-refractivity contribution in [1.29, 1.82) is 0 Å². The lowest BCUT2D eigenvalue weighted by Gasteiger charge is -2.25. The monoisotopic (exact) mass is 362 g/mol. The van der Waals surface area contributed by atoms with Gasteiger partial charge >= 0.3 is 5.97 Å². The average Bonchev–Trinajstić information content (AvgIpc) is 3.04. The van der Waals surface area contributed by atoms with Crippen LogP contribution in [0.3, 0.4) is 0 Å². The second-order valence-electron chi connectivity index (χ2n) is 5.94. The predicted octanol–water partition coefficient (Wildman–Crippen LogP) is 3.33. The van der Waals surface area contributed by atoms with E-state index in [0.29, 0.717) is 24.5 Å². The Morgan fingerprint density at radius 1 is 1.32 bits per heavy atom. The quantitative estimate of drug-likeness (QED) is 0.711. The lowest BCUT2D eigenvalue weighted by molar-refractivity contribution is -0.146. The molecule has 2 rings (SSSR count). The van der Waals surface area contributed by atoms with Crippen LogP contribution in [0.2, 0.25) is 0 Å². The van der Waals surface area contributed by atoms with Gasteiger partial charge < -0.3 is 14.8 Å². The summed E-state index contributed by atoms with van der Waals surface area (Å²) in [6, 6.07) is 9.57. The van der Waals surface area contributed by atoms with Gasteiger partial charge in [-0.1, -0.05) is 31.5 Å². The third kappa shape index (κ3) is 5.35. The minimum atomic E-state index is -1.22. The van der Waals surface area contributed by atoms with Crippen molar-refractivity contribution in [3.8, 4) is 11.5 Å². The van der Waals surface area contributed by atoms with Crippen molar-refractivity contribution in [2.75, 3.05) is 5.75 Å². The van der Waals surface area contributed by atoms with Gasteiger partial charge in [0.15, 0.2) is 0 Å². The molecule has 0 saturated heterocycles. The van der Waals surface area contributed by atoms with Gasteiger partial charge in [-0.3, -0.25) is 4.79 Å². The Kier molecular flexibility index (Phi) is 6.64. The molecule has 1 amide bonds. The number of thioether (sulfide) groups is 1. The van der Waals surface area contributed by atoms with E-state index in [1.54, 1.807) is 6.26 Å². The molecule has 0 saturated carbocycles. The van der Waals surface area contributed by atoms with Crippen LogP contribution < -0.4 is 5.32 Å². The van der Waals surface area contributed by atoms with Gasteiger partial charge in [0.1, 0.15) is 11.8 Å². The molecule has 1 atom stereocenters. The van der Waals surface area contributed by atoms with Crippen LogP contribution in [-0.4, -0.2) is 33.3 Å². The zero-order valence-electron chi connectivity index (χ0n) is 14.3. The average molecular weight is 362 g/mol. The number of carbonyl (C=O) groups excluding carboxylic acids is 1. The van der Waals surface area contributed by atoms with Crippen molar-refractivity contribution in [2.45, 2.75) is 38.0 Å². The number of nitrogens with zero attached hydrogens (tertiary/aromatic N) is 1. The summed E-state index contributed by atoms with van der Waals surface area (Å²) in [5.41, 5.74) is 0.417. The number of carboxylic acid groups (broad SMARTS) is 1. The van der Waals surface area contributed by atoms with E-state index in [1.165, 1.54) is 18.7 Å². The summed E-state index contributed by atoms with van der Waals surface area (Å²) < 4.78 is 5.45. The molecule has 6 nitrogen and oxygen atoms in total. The van der Waals surface area contributed by atoms with Crippen LogP contribution in [0.5, 0.6) is 0 Å². The van der Waals surface area contributed by atoms with E-state index >= 15 is 0 Å². The molecule has 2 N–H and O–H groups in total. The van der Waals surface area contributed by atoms with E-state index in [9.17, 15) is 14.7 Å². The highest BCUT2D eigenvalue weighted by Gasteiger charge is 2.33. The van der Waals surface area contributed by atoms with Gasteiger partial charge in [-0.25, -0.2) is 9.78 Å². The molecule has 0 aliphatic rings. The van der Waals surface area contributed by atoms with Crippen LogP contribution in [-0.2, 0) is 15.3 Å². The summed E-state index contributed by atoms with van der Waals surface area (Å²) in [5.74, 6) is -0.0876. The maximum absolute atomic E-state index is 12.0. The molecule has 0 aliphatic carbocycles. The smallest absolute Gasteiger partial charge is 0.329 e. The Bertz CT molecular complexity index is 717. The molecule has 0 fully saturated rings. The Labute approximate surface area is 151 Å². The molecule has 25 heavy (non-hydrogen) atoms. The first kappa shape index (κ1) is 19.1. The summed E-state index contributed by atoms with van der Waals surface area (Å²) >= 11 is 1.37. The fourth-order valence-corrected chi connectivity index (χ4v) is 3.10. The molecule has 1 aromatic heterocycles. The highest BCUT2D eigenvalue weighted by Crippen LogP contribution is 2.20. The van der Waals surface area contributed by atoms with Crippen LogP contribution in [0.25, 0.3) is 11.5 Å². The summed E-state index contributed by atoms with van der Waals surface area (Å²) in [5, 5.41) is 11.9. The van der Waals surface area contributed by atoms with Crippen LogP contribution in [0.1, 0.15) is 32.4 Å². The van der Waals surface area contributed by atoms with Gasteiger partial charge in [0.05, 0.1) is 11.4 Å². The number of carbonyl (C=O) groups is 2. The highest BCUT2D eigenvalue weighted by molar-refractivity contribution is 7.99. The number of hydrogen-bond acceptors (Lipinski definition) is 5. The van der Waals surface area contributed by atoms with Crippen LogP contribution in [0, 0.1) is 0 Å². The molecule has 0 radical (unpaired) electrons. The van der Waals surface area contributed by atoms with Gasteiger partial charge in [-0.05, 0) is 25.5 Å². The first-order valence-corrected chi connectivity index (χ1v) is 9.22. The molecule has 0 bridgehead atoms. The van der Waals surface area contributed by atoms with Crippen molar-refractivity contribution in [2.24, 2.45) is 0 Å². The molecule has 2 aromatic rings. The largest absolute Gasteiger partial charge is 0.480 e. The van der Waals surface area contributed by atoms with Crippen molar-refractivity contribution in [3.63, 3.8) is 0 Å². The Morgan fingerprint density at radius 3 is 2.68 bits per heavy atom. The normalized spacial score (nSPS) is 13.2. The second kappa shape index (κ2) is 8.71. The minimum Gasteiger partial charge on any atom is -0.480 e. The van der Waals surface area contributed by atoms with E-state index < -0.39 is 11.5 Å². The van der Waals surface area contributed by atoms with Crippen LogP contribution in [0.4, 0.5) is 0 Å². The van der Waals surface area contributed by atoms with E-state index in [-0.39, 0.29) is 11.7 Å². The van der Waals surface area contributed by atoms with E-state index in [2.05, 4.69) is 10.3 Å². The number of hydrogen-bond donors (Lipinski definition) is 2. The van der Waals surface area contributed by atoms with Crippen LogP contribution in [0.15, 0.2) is 41.0 Å². The molecule has 7 heteroatoms. The molecular weight excluding hydrogens is 340 g/mol. The number of amides is 1. The van der Waals surface area contributed by atoms with Crippen molar-refractivity contribution in [3.05, 3.63) is 42.3 Å². The third-order valence-electron chi connectivity index (χ3n) is 3.69. The van der Waals surface area contributed by atoms with E-state index in [1.807, 2.05) is 37.3 Å². The maximum Gasteiger partial charge on any atom is 0.329 e. The zero-order chi connectivity index (χ0) is 18.3. The molecular formula is C18H22N2O4S. The number of nitrogens with one attached hydrogen (secondary N) is 1. The zero-order valence-corrected chi connectivity index (χ0v) is 15.1. The standard InChI is InChI=1S/C18H22N2O4S/c1-3-9-18(2,17(22)23)20-15(21)12-25-11-14-10-24-16(19-14)13-7-5-4-6-8-13/h4-8,10H,3,9,11-12H2,1-2H3,(H,20,21)(H,22,23). The minimum absolute atomic E-state index is 0.167. The van der Waals surface area contributed by atoms with Gasteiger partial charge in [0.25, 0.3) is 0 Å². The Balaban J connectivity index is 1.83. The molecule has 1 aromatic carbocycles. The number of aliphatic carboxylic acids is 1. The molecule has 1 heterocycles. The van der Waals surface area contributed by atoms with Gasteiger partial charge in [-0.15, -0.1) is 11.8 Å². The van der Waals surface area contributed by atoms with Crippen molar-refractivity contribution >= 4 is 23.6 Å². The highest BCUT2D eigenvalue weighted by atomic mass is 32.2. The van der Waals surface area contributed by atoms with Crippen molar-refractivity contribution < 1.29 is 19.1 Å².